The van der Waals surface area contributed by atoms with E-state index in [2.05, 4.69) is 10.7 Å². The van der Waals surface area contributed by atoms with E-state index in [0.717, 1.165) is 5.01 Å². The van der Waals surface area contributed by atoms with Crippen molar-refractivity contribution >= 4 is 17.7 Å². The first-order valence-electron chi connectivity index (χ1n) is 6.07. The Bertz CT molecular complexity index is 541. The van der Waals surface area contributed by atoms with Crippen molar-refractivity contribution in [3.8, 4) is 5.75 Å². The zero-order valence-electron chi connectivity index (χ0n) is 11.2. The SMILES string of the molecule is COc1ccc(C(=O)NN2CC(=O)N[C@@H](C)C2=O)cc1. The van der Waals surface area contributed by atoms with Crippen LogP contribution in [-0.4, -0.2) is 42.4 Å². The number of piperazine rings is 1. The Morgan fingerprint density at radius 3 is 2.60 bits per heavy atom. The highest BCUT2D eigenvalue weighted by Gasteiger charge is 2.30. The number of carbonyl (C=O) groups excluding carboxylic acids is 3. The Morgan fingerprint density at radius 1 is 1.35 bits per heavy atom. The third-order valence-electron chi connectivity index (χ3n) is 2.90. The zero-order chi connectivity index (χ0) is 14.7. The molecular weight excluding hydrogens is 262 g/mol. The predicted octanol–water partition coefficient (Wildman–Crippen LogP) is -0.313. The first-order chi connectivity index (χ1) is 9.51. The minimum atomic E-state index is -0.646. The van der Waals surface area contributed by atoms with Crippen LogP contribution in [0.15, 0.2) is 24.3 Å². The summed E-state index contributed by atoms with van der Waals surface area (Å²) in [7, 11) is 1.53. The van der Waals surface area contributed by atoms with Crippen LogP contribution in [0.1, 0.15) is 17.3 Å². The quantitative estimate of drug-likeness (QED) is 0.793. The summed E-state index contributed by atoms with van der Waals surface area (Å²) in [5.41, 5.74) is 2.80. The summed E-state index contributed by atoms with van der Waals surface area (Å²) in [6, 6.07) is 5.79. The second-order valence-electron chi connectivity index (χ2n) is 4.38. The number of hydrazine groups is 1. The molecule has 0 aliphatic carbocycles. The lowest BCUT2D eigenvalue weighted by Crippen LogP contribution is -2.61. The third kappa shape index (κ3) is 2.87. The number of ether oxygens (including phenoxy) is 1. The molecule has 0 aromatic heterocycles. The molecule has 1 saturated heterocycles. The van der Waals surface area contributed by atoms with Gasteiger partial charge in [0.25, 0.3) is 11.8 Å². The maximum absolute atomic E-state index is 12.0. The number of nitrogens with one attached hydrogen (secondary N) is 2. The molecule has 2 N–H and O–H groups in total. The van der Waals surface area contributed by atoms with Crippen LogP contribution in [0.3, 0.4) is 0 Å². The lowest BCUT2D eigenvalue weighted by molar-refractivity contribution is -0.146. The highest BCUT2D eigenvalue weighted by Crippen LogP contribution is 2.11. The van der Waals surface area contributed by atoms with E-state index in [-0.39, 0.29) is 18.4 Å². The smallest absolute Gasteiger partial charge is 0.269 e. The minimum Gasteiger partial charge on any atom is -0.497 e. The topological polar surface area (TPSA) is 87.7 Å². The van der Waals surface area contributed by atoms with E-state index in [1.807, 2.05) is 0 Å². The summed E-state index contributed by atoms with van der Waals surface area (Å²) in [6.45, 7) is 1.37. The highest BCUT2D eigenvalue weighted by molar-refractivity contribution is 5.99. The molecule has 0 saturated carbocycles. The number of hydrogen-bond donors (Lipinski definition) is 2. The third-order valence-corrected chi connectivity index (χ3v) is 2.90. The van der Waals surface area contributed by atoms with Gasteiger partial charge in [0, 0.05) is 5.56 Å². The number of amides is 3. The van der Waals surface area contributed by atoms with Crippen LogP contribution in [0.2, 0.25) is 0 Å². The monoisotopic (exact) mass is 277 g/mol. The molecule has 0 unspecified atom stereocenters. The lowest BCUT2D eigenvalue weighted by atomic mass is 10.2. The Morgan fingerprint density at radius 2 is 2.00 bits per heavy atom. The molecule has 20 heavy (non-hydrogen) atoms. The van der Waals surface area contributed by atoms with Gasteiger partial charge in [0.1, 0.15) is 18.3 Å². The van der Waals surface area contributed by atoms with Gasteiger partial charge in [0.2, 0.25) is 5.91 Å². The van der Waals surface area contributed by atoms with E-state index in [1.54, 1.807) is 31.2 Å². The maximum atomic E-state index is 12.0. The predicted molar refractivity (Wildman–Crippen MR) is 69.8 cm³/mol. The molecule has 1 heterocycles. The Balaban J connectivity index is 2.06. The average molecular weight is 277 g/mol. The van der Waals surface area contributed by atoms with Crippen molar-refractivity contribution in [3.05, 3.63) is 29.8 Å². The molecule has 106 valence electrons. The van der Waals surface area contributed by atoms with Gasteiger partial charge in [-0.3, -0.25) is 19.8 Å². The van der Waals surface area contributed by atoms with E-state index in [1.165, 1.54) is 7.11 Å². The van der Waals surface area contributed by atoms with Gasteiger partial charge in [-0.2, -0.15) is 0 Å². The molecule has 0 bridgehead atoms. The number of carbonyl (C=O) groups is 3. The first kappa shape index (κ1) is 13.9. The van der Waals surface area contributed by atoms with Crippen molar-refractivity contribution in [1.29, 1.82) is 0 Å². The molecule has 0 radical (unpaired) electrons. The van der Waals surface area contributed by atoms with Crippen molar-refractivity contribution in [2.24, 2.45) is 0 Å². The molecule has 1 aromatic rings. The van der Waals surface area contributed by atoms with Crippen LogP contribution in [-0.2, 0) is 9.59 Å². The van der Waals surface area contributed by atoms with Crippen molar-refractivity contribution < 1.29 is 19.1 Å². The van der Waals surface area contributed by atoms with Crippen LogP contribution in [0.25, 0.3) is 0 Å². The van der Waals surface area contributed by atoms with Gasteiger partial charge in [-0.05, 0) is 31.2 Å². The van der Waals surface area contributed by atoms with E-state index < -0.39 is 11.9 Å². The van der Waals surface area contributed by atoms with E-state index in [0.29, 0.717) is 11.3 Å². The van der Waals surface area contributed by atoms with Crippen LogP contribution in [0, 0.1) is 0 Å². The van der Waals surface area contributed by atoms with Crippen molar-refractivity contribution in [3.63, 3.8) is 0 Å². The van der Waals surface area contributed by atoms with Crippen LogP contribution >= 0.6 is 0 Å². The minimum absolute atomic E-state index is 0.189. The van der Waals surface area contributed by atoms with Gasteiger partial charge in [0.05, 0.1) is 7.11 Å². The van der Waals surface area contributed by atoms with Gasteiger partial charge in [0.15, 0.2) is 0 Å². The summed E-state index contributed by atoms with van der Waals surface area (Å²) in [5, 5.41) is 3.51. The fourth-order valence-electron chi connectivity index (χ4n) is 1.83. The molecule has 7 nitrogen and oxygen atoms in total. The fraction of sp³-hybridized carbons (Fsp3) is 0.308. The Hall–Kier alpha value is -2.57. The van der Waals surface area contributed by atoms with Crippen molar-refractivity contribution in [2.45, 2.75) is 13.0 Å². The summed E-state index contributed by atoms with van der Waals surface area (Å²) in [5.74, 6) is -0.495. The highest BCUT2D eigenvalue weighted by atomic mass is 16.5. The van der Waals surface area contributed by atoms with E-state index in [9.17, 15) is 14.4 Å². The summed E-state index contributed by atoms with van der Waals surface area (Å²) < 4.78 is 4.99. The Kier molecular flexibility index (Phi) is 3.88. The lowest BCUT2D eigenvalue weighted by Gasteiger charge is -2.30. The molecule has 2 rings (SSSR count). The fourth-order valence-corrected chi connectivity index (χ4v) is 1.83. The molecular formula is C13H15N3O4. The van der Waals surface area contributed by atoms with E-state index in [4.69, 9.17) is 4.74 Å². The molecule has 1 aromatic carbocycles. The largest absolute Gasteiger partial charge is 0.497 e. The second kappa shape index (κ2) is 5.60. The average Bonchev–Trinajstić information content (AvgIpc) is 2.44. The summed E-state index contributed by atoms with van der Waals surface area (Å²) >= 11 is 0. The van der Waals surface area contributed by atoms with Crippen LogP contribution in [0.5, 0.6) is 5.75 Å². The molecule has 1 fully saturated rings. The van der Waals surface area contributed by atoms with Gasteiger partial charge < -0.3 is 10.1 Å². The van der Waals surface area contributed by atoms with Crippen LogP contribution < -0.4 is 15.5 Å². The maximum Gasteiger partial charge on any atom is 0.269 e. The zero-order valence-corrected chi connectivity index (χ0v) is 11.2. The normalized spacial score (nSPS) is 18.5. The number of methoxy groups -OCH3 is 1. The number of benzene rings is 1. The molecule has 7 heteroatoms. The van der Waals surface area contributed by atoms with Gasteiger partial charge >= 0.3 is 0 Å². The molecule has 3 amide bonds. The summed E-state index contributed by atoms with van der Waals surface area (Å²) in [6.07, 6.45) is 0. The summed E-state index contributed by atoms with van der Waals surface area (Å²) in [4.78, 5) is 35.2. The molecule has 1 aliphatic rings. The number of nitrogens with zero attached hydrogens (tertiary/aromatic N) is 1. The molecule has 1 atom stereocenters. The standard InChI is InChI=1S/C13H15N3O4/c1-8-13(19)16(7-11(17)14-8)15-12(18)9-3-5-10(20-2)6-4-9/h3-6,8H,7H2,1-2H3,(H,14,17)(H,15,18)/t8-/m0/s1. The number of hydrogen-bond acceptors (Lipinski definition) is 4. The van der Waals surface area contributed by atoms with Gasteiger partial charge in [-0.1, -0.05) is 0 Å². The molecule has 0 spiro atoms. The van der Waals surface area contributed by atoms with Gasteiger partial charge in [-0.25, -0.2) is 5.01 Å². The second-order valence-corrected chi connectivity index (χ2v) is 4.38. The van der Waals surface area contributed by atoms with Crippen molar-refractivity contribution in [1.82, 2.24) is 15.8 Å². The van der Waals surface area contributed by atoms with Gasteiger partial charge in [-0.15, -0.1) is 0 Å². The van der Waals surface area contributed by atoms with Crippen molar-refractivity contribution in [2.75, 3.05) is 13.7 Å². The molecule has 1 aliphatic heterocycles. The van der Waals surface area contributed by atoms with Crippen LogP contribution in [0.4, 0.5) is 0 Å². The number of rotatable bonds is 3. The van der Waals surface area contributed by atoms with E-state index >= 15 is 0 Å². The first-order valence-corrected chi connectivity index (χ1v) is 6.07. The Labute approximate surface area is 115 Å².